The zero-order chi connectivity index (χ0) is 10.0. The molecule has 84 valence electrons. The van der Waals surface area contributed by atoms with Crippen LogP contribution in [0.5, 0.6) is 0 Å². The number of hydrogen-bond donors (Lipinski definition) is 1. The Hall–Kier alpha value is 0.430. The highest BCUT2D eigenvalue weighted by atomic mass is 79.9. The van der Waals surface area contributed by atoms with Crippen LogP contribution in [0, 0.1) is 0 Å². The van der Waals surface area contributed by atoms with Crippen molar-refractivity contribution in [2.24, 2.45) is 0 Å². The number of benzene rings is 1. The largest absolute Gasteiger partial charge is 0.317 e. The second kappa shape index (κ2) is 5.67. The summed E-state index contributed by atoms with van der Waals surface area (Å²) in [6, 6.07) is 8.15. The van der Waals surface area contributed by atoms with Gasteiger partial charge < -0.3 is 5.32 Å². The summed E-state index contributed by atoms with van der Waals surface area (Å²) in [5.41, 5.74) is 1.34. The Balaban J connectivity index is 0.00000112. The maximum atomic E-state index is 5.87. The summed E-state index contributed by atoms with van der Waals surface area (Å²) in [5.74, 6) is 0. The summed E-state index contributed by atoms with van der Waals surface area (Å²) >= 11 is 9.71. The zero-order valence-corrected chi connectivity index (χ0v) is 12.4. The maximum Gasteiger partial charge on any atom is 0.0530 e. The quantitative estimate of drug-likeness (QED) is 0.754. The number of halogens is 3. The highest BCUT2D eigenvalue weighted by Gasteiger charge is 2.30. The van der Waals surface area contributed by atoms with E-state index in [1.165, 1.54) is 5.56 Å². The Morgan fingerprint density at radius 3 is 2.20 bits per heavy atom. The van der Waals surface area contributed by atoms with Crippen molar-refractivity contribution in [1.82, 2.24) is 5.32 Å². The predicted octanol–water partition coefficient (Wildman–Crippen LogP) is 3.89. The SMILES string of the molecule is Br.Clc1ccc(C2(Br)CCNCC2)cc1. The normalized spacial score (nSPS) is 19.3. The first-order chi connectivity index (χ1) is 6.71. The fourth-order valence-corrected chi connectivity index (χ4v) is 2.65. The topological polar surface area (TPSA) is 12.0 Å². The van der Waals surface area contributed by atoms with Crippen LogP contribution in [0.3, 0.4) is 0 Å². The molecular weight excluding hydrogens is 341 g/mol. The van der Waals surface area contributed by atoms with Gasteiger partial charge in [-0.25, -0.2) is 0 Å². The van der Waals surface area contributed by atoms with Gasteiger partial charge in [0.05, 0.1) is 4.32 Å². The molecule has 1 aliphatic rings. The van der Waals surface area contributed by atoms with Crippen LogP contribution in [0.1, 0.15) is 18.4 Å². The minimum Gasteiger partial charge on any atom is -0.317 e. The zero-order valence-electron chi connectivity index (χ0n) is 8.30. The molecule has 0 aromatic heterocycles. The van der Waals surface area contributed by atoms with Crippen molar-refractivity contribution in [2.45, 2.75) is 17.2 Å². The van der Waals surface area contributed by atoms with Crippen LogP contribution in [0.2, 0.25) is 5.02 Å². The average Bonchev–Trinajstić information content (AvgIpc) is 2.19. The number of nitrogens with one attached hydrogen (secondary N) is 1. The summed E-state index contributed by atoms with van der Waals surface area (Å²) in [7, 11) is 0. The third kappa shape index (κ3) is 3.19. The molecule has 0 unspecified atom stereocenters. The van der Waals surface area contributed by atoms with E-state index in [0.717, 1.165) is 31.0 Å². The molecule has 1 aliphatic heterocycles. The van der Waals surface area contributed by atoms with E-state index in [0.29, 0.717) is 0 Å². The molecule has 0 spiro atoms. The van der Waals surface area contributed by atoms with Crippen LogP contribution in [0.4, 0.5) is 0 Å². The van der Waals surface area contributed by atoms with Gasteiger partial charge in [-0.2, -0.15) is 0 Å². The van der Waals surface area contributed by atoms with E-state index in [2.05, 4.69) is 33.4 Å². The lowest BCUT2D eigenvalue weighted by Crippen LogP contribution is -2.35. The van der Waals surface area contributed by atoms with Gasteiger partial charge in [-0.1, -0.05) is 39.7 Å². The Bertz CT molecular complexity index is 307. The van der Waals surface area contributed by atoms with E-state index in [1.54, 1.807) is 0 Å². The third-order valence-electron chi connectivity index (χ3n) is 2.76. The van der Waals surface area contributed by atoms with Crippen LogP contribution < -0.4 is 5.32 Å². The minimum absolute atomic E-state index is 0. The molecule has 0 amide bonds. The van der Waals surface area contributed by atoms with Crippen LogP contribution in [0.15, 0.2) is 24.3 Å². The summed E-state index contributed by atoms with van der Waals surface area (Å²) in [6.45, 7) is 2.15. The second-order valence-corrected chi connectivity index (χ2v) is 5.68. The Labute approximate surface area is 114 Å². The van der Waals surface area contributed by atoms with Gasteiger partial charge in [0.15, 0.2) is 0 Å². The Morgan fingerprint density at radius 1 is 1.13 bits per heavy atom. The van der Waals surface area contributed by atoms with Gasteiger partial charge in [0.25, 0.3) is 0 Å². The van der Waals surface area contributed by atoms with Gasteiger partial charge in [0.2, 0.25) is 0 Å². The van der Waals surface area contributed by atoms with E-state index in [-0.39, 0.29) is 21.3 Å². The molecule has 1 fully saturated rings. The molecular formula is C11H14Br2ClN. The minimum atomic E-state index is 0. The highest BCUT2D eigenvalue weighted by molar-refractivity contribution is 9.09. The molecule has 1 N–H and O–H groups in total. The molecule has 0 bridgehead atoms. The van der Waals surface area contributed by atoms with Crippen LogP contribution in [0.25, 0.3) is 0 Å². The van der Waals surface area contributed by atoms with E-state index in [1.807, 2.05) is 12.1 Å². The number of rotatable bonds is 1. The van der Waals surface area contributed by atoms with Gasteiger partial charge in [0, 0.05) is 5.02 Å². The molecule has 0 aliphatic carbocycles. The molecule has 1 aromatic carbocycles. The first-order valence-electron chi connectivity index (χ1n) is 4.86. The summed E-state index contributed by atoms with van der Waals surface area (Å²) < 4.78 is 0.156. The first kappa shape index (κ1) is 13.5. The third-order valence-corrected chi connectivity index (χ3v) is 4.26. The first-order valence-corrected chi connectivity index (χ1v) is 6.03. The van der Waals surface area contributed by atoms with Crippen LogP contribution >= 0.6 is 44.5 Å². The lowest BCUT2D eigenvalue weighted by Gasteiger charge is -2.32. The molecule has 1 saturated heterocycles. The van der Waals surface area contributed by atoms with Crippen molar-refractivity contribution in [2.75, 3.05) is 13.1 Å². The summed E-state index contributed by atoms with van der Waals surface area (Å²) in [4.78, 5) is 0. The molecule has 1 nitrogen and oxygen atoms in total. The highest BCUT2D eigenvalue weighted by Crippen LogP contribution is 2.39. The van der Waals surface area contributed by atoms with Crippen LogP contribution in [-0.4, -0.2) is 13.1 Å². The monoisotopic (exact) mass is 353 g/mol. The fraction of sp³-hybridized carbons (Fsp3) is 0.455. The van der Waals surface area contributed by atoms with E-state index < -0.39 is 0 Å². The fourth-order valence-electron chi connectivity index (χ4n) is 1.86. The second-order valence-electron chi connectivity index (χ2n) is 3.72. The molecule has 0 atom stereocenters. The van der Waals surface area contributed by atoms with E-state index in [9.17, 15) is 0 Å². The van der Waals surface area contributed by atoms with Crippen molar-refractivity contribution in [3.63, 3.8) is 0 Å². The number of hydrogen-bond acceptors (Lipinski definition) is 1. The van der Waals surface area contributed by atoms with Crippen molar-refractivity contribution in [1.29, 1.82) is 0 Å². The maximum absolute atomic E-state index is 5.87. The van der Waals surface area contributed by atoms with Crippen LogP contribution in [-0.2, 0) is 4.32 Å². The number of alkyl halides is 1. The van der Waals surface area contributed by atoms with Gasteiger partial charge in [-0.3, -0.25) is 0 Å². The smallest absolute Gasteiger partial charge is 0.0530 e. The molecule has 1 aromatic rings. The molecule has 2 rings (SSSR count). The van der Waals surface area contributed by atoms with Crippen molar-refractivity contribution in [3.05, 3.63) is 34.9 Å². The predicted molar refractivity (Wildman–Crippen MR) is 74.5 cm³/mol. The number of piperidine rings is 1. The molecule has 0 radical (unpaired) electrons. The van der Waals surface area contributed by atoms with Gasteiger partial charge >= 0.3 is 0 Å². The van der Waals surface area contributed by atoms with Crippen molar-refractivity contribution in [3.8, 4) is 0 Å². The average molecular weight is 356 g/mol. The van der Waals surface area contributed by atoms with Gasteiger partial charge in [-0.15, -0.1) is 17.0 Å². The molecule has 1 heterocycles. The lowest BCUT2D eigenvalue weighted by atomic mass is 9.90. The van der Waals surface area contributed by atoms with Crippen molar-refractivity contribution < 1.29 is 0 Å². The van der Waals surface area contributed by atoms with Gasteiger partial charge in [0.1, 0.15) is 0 Å². The molecule has 4 heteroatoms. The Morgan fingerprint density at radius 2 is 1.67 bits per heavy atom. The van der Waals surface area contributed by atoms with Gasteiger partial charge in [-0.05, 0) is 43.6 Å². The van der Waals surface area contributed by atoms with Crippen molar-refractivity contribution >= 4 is 44.5 Å². The molecule has 15 heavy (non-hydrogen) atoms. The summed E-state index contributed by atoms with van der Waals surface area (Å²) in [5, 5.41) is 4.17. The van der Waals surface area contributed by atoms with E-state index in [4.69, 9.17) is 11.6 Å². The summed E-state index contributed by atoms with van der Waals surface area (Å²) in [6.07, 6.45) is 2.27. The lowest BCUT2D eigenvalue weighted by molar-refractivity contribution is 0.432. The van der Waals surface area contributed by atoms with E-state index >= 15 is 0 Å². The molecule has 0 saturated carbocycles. The standard InChI is InChI=1S/C11H13BrClN.BrH/c12-11(5-7-14-8-6-11)9-1-3-10(13)4-2-9;/h1-4,14H,5-8H2;1H. The Kier molecular flexibility index (Phi) is 5.10.